The third-order valence-corrected chi connectivity index (χ3v) is 3.85. The van der Waals surface area contributed by atoms with Crippen molar-refractivity contribution < 1.29 is 14.6 Å². The van der Waals surface area contributed by atoms with Crippen molar-refractivity contribution in [3.05, 3.63) is 24.3 Å². The second kappa shape index (κ2) is 8.98. The van der Waals surface area contributed by atoms with Crippen LogP contribution in [0.1, 0.15) is 39.0 Å². The van der Waals surface area contributed by atoms with Crippen molar-refractivity contribution in [2.24, 2.45) is 5.73 Å². The maximum atomic E-state index is 11.7. The van der Waals surface area contributed by atoms with Gasteiger partial charge in [-0.3, -0.25) is 4.79 Å². The number of amides is 1. The van der Waals surface area contributed by atoms with Crippen LogP contribution in [0.15, 0.2) is 24.3 Å². The molecule has 0 heterocycles. The van der Waals surface area contributed by atoms with Crippen LogP contribution in [0.4, 0.5) is 5.69 Å². The first kappa shape index (κ1) is 18.7. The molecule has 0 aromatic heterocycles. The molecule has 5 nitrogen and oxygen atoms in total. The van der Waals surface area contributed by atoms with Crippen LogP contribution < -0.4 is 15.8 Å². The summed E-state index contributed by atoms with van der Waals surface area (Å²) in [6.07, 6.45) is 3.91. The second-order valence-electron chi connectivity index (χ2n) is 5.54. The van der Waals surface area contributed by atoms with Gasteiger partial charge in [0.2, 0.25) is 5.91 Å². The molecule has 22 heavy (non-hydrogen) atoms. The Morgan fingerprint density at radius 3 is 2.59 bits per heavy atom. The Balaban J connectivity index is 0.00000242. The van der Waals surface area contributed by atoms with Gasteiger partial charge in [0.05, 0.1) is 12.1 Å². The van der Waals surface area contributed by atoms with E-state index in [1.54, 1.807) is 24.3 Å². The molecule has 0 spiro atoms. The maximum Gasteiger partial charge on any atom is 0.241 e. The van der Waals surface area contributed by atoms with Gasteiger partial charge >= 0.3 is 0 Å². The fourth-order valence-electron chi connectivity index (χ4n) is 2.43. The average molecular weight is 329 g/mol. The van der Waals surface area contributed by atoms with Gasteiger partial charge < -0.3 is 20.9 Å². The van der Waals surface area contributed by atoms with Crippen LogP contribution in [0.25, 0.3) is 0 Å². The number of carbonyl (C=O) groups is 1. The minimum Gasteiger partial charge on any atom is -0.488 e. The molecular weight excluding hydrogens is 304 g/mol. The number of nitrogens with one attached hydrogen (secondary N) is 1. The number of aliphatic hydroxyl groups excluding tert-OH is 1. The van der Waals surface area contributed by atoms with Crippen molar-refractivity contribution in [1.82, 2.24) is 0 Å². The van der Waals surface area contributed by atoms with Crippen molar-refractivity contribution in [2.75, 3.05) is 5.32 Å². The van der Waals surface area contributed by atoms with Gasteiger partial charge in [0.1, 0.15) is 11.9 Å². The average Bonchev–Trinajstić information content (AvgIpc) is 2.50. The van der Waals surface area contributed by atoms with Crippen LogP contribution >= 0.6 is 12.4 Å². The van der Waals surface area contributed by atoms with Gasteiger partial charge in [-0.25, -0.2) is 0 Å². The van der Waals surface area contributed by atoms with Crippen molar-refractivity contribution in [3.63, 3.8) is 0 Å². The first-order valence-electron chi connectivity index (χ1n) is 7.61. The van der Waals surface area contributed by atoms with E-state index in [9.17, 15) is 9.90 Å². The quantitative estimate of drug-likeness (QED) is 0.775. The van der Waals surface area contributed by atoms with E-state index in [1.807, 2.05) is 6.92 Å². The van der Waals surface area contributed by atoms with E-state index in [1.165, 1.54) is 0 Å². The molecular formula is C16H25ClN2O3. The molecule has 124 valence electrons. The van der Waals surface area contributed by atoms with E-state index >= 15 is 0 Å². The summed E-state index contributed by atoms with van der Waals surface area (Å²) in [6, 6.07) is 6.68. The summed E-state index contributed by atoms with van der Waals surface area (Å²) >= 11 is 0. The molecule has 1 aromatic rings. The predicted octanol–water partition coefficient (Wildman–Crippen LogP) is 2.47. The number of ether oxygens (including phenoxy) is 1. The molecule has 0 radical (unpaired) electrons. The van der Waals surface area contributed by atoms with Gasteiger partial charge in [-0.2, -0.15) is 0 Å². The smallest absolute Gasteiger partial charge is 0.241 e. The zero-order chi connectivity index (χ0) is 15.2. The van der Waals surface area contributed by atoms with Gasteiger partial charge in [0.15, 0.2) is 0 Å². The van der Waals surface area contributed by atoms with E-state index in [2.05, 4.69) is 5.32 Å². The van der Waals surface area contributed by atoms with E-state index in [-0.39, 0.29) is 30.5 Å². The fourth-order valence-corrected chi connectivity index (χ4v) is 2.43. The lowest BCUT2D eigenvalue weighted by Crippen LogP contribution is -2.35. The van der Waals surface area contributed by atoms with Crippen molar-refractivity contribution in [1.29, 1.82) is 0 Å². The minimum atomic E-state index is -0.488. The van der Waals surface area contributed by atoms with Gasteiger partial charge in [-0.05, 0) is 49.9 Å². The highest BCUT2D eigenvalue weighted by atomic mass is 35.5. The molecule has 3 atom stereocenters. The molecule has 2 unspecified atom stereocenters. The molecule has 1 aromatic carbocycles. The SMILES string of the molecule is CC[C@H](N)C(=O)Nc1ccc(OC2CCCCC2O)cc1.Cl. The highest BCUT2D eigenvalue weighted by Gasteiger charge is 2.24. The van der Waals surface area contributed by atoms with Gasteiger partial charge in [0.25, 0.3) is 0 Å². The van der Waals surface area contributed by atoms with E-state index in [0.29, 0.717) is 17.9 Å². The Bertz CT molecular complexity index is 467. The summed E-state index contributed by atoms with van der Waals surface area (Å²) in [5.41, 5.74) is 6.36. The molecule has 0 saturated heterocycles. The number of halogens is 1. The number of hydrogen-bond acceptors (Lipinski definition) is 4. The van der Waals surface area contributed by atoms with Gasteiger partial charge in [-0.15, -0.1) is 12.4 Å². The van der Waals surface area contributed by atoms with Gasteiger partial charge in [0, 0.05) is 5.69 Å². The predicted molar refractivity (Wildman–Crippen MR) is 89.5 cm³/mol. The minimum absolute atomic E-state index is 0. The molecule has 1 saturated carbocycles. The Morgan fingerprint density at radius 1 is 1.36 bits per heavy atom. The summed E-state index contributed by atoms with van der Waals surface area (Å²) in [6.45, 7) is 1.87. The largest absolute Gasteiger partial charge is 0.488 e. The second-order valence-corrected chi connectivity index (χ2v) is 5.54. The Labute approximate surface area is 137 Å². The van der Waals surface area contributed by atoms with Crippen molar-refractivity contribution in [3.8, 4) is 5.75 Å². The number of anilines is 1. The maximum absolute atomic E-state index is 11.7. The summed E-state index contributed by atoms with van der Waals surface area (Å²) in [5.74, 6) is 0.521. The number of rotatable bonds is 5. The Hall–Kier alpha value is -1.30. The van der Waals surface area contributed by atoms with Crippen LogP contribution in [0.5, 0.6) is 5.75 Å². The van der Waals surface area contributed by atoms with Crippen LogP contribution in [-0.2, 0) is 4.79 Å². The van der Waals surface area contributed by atoms with Crippen LogP contribution in [0.2, 0.25) is 0 Å². The Morgan fingerprint density at radius 2 is 2.00 bits per heavy atom. The number of aliphatic hydroxyl groups is 1. The number of carbonyl (C=O) groups excluding carboxylic acids is 1. The monoisotopic (exact) mass is 328 g/mol. The lowest BCUT2D eigenvalue weighted by atomic mass is 9.95. The lowest BCUT2D eigenvalue weighted by molar-refractivity contribution is -0.117. The van der Waals surface area contributed by atoms with Gasteiger partial charge in [-0.1, -0.05) is 13.3 Å². The number of benzene rings is 1. The molecule has 1 fully saturated rings. The summed E-state index contributed by atoms with van der Waals surface area (Å²) in [5, 5.41) is 12.7. The highest BCUT2D eigenvalue weighted by Crippen LogP contribution is 2.24. The first-order chi connectivity index (χ1) is 10.1. The highest BCUT2D eigenvalue weighted by molar-refractivity contribution is 5.94. The molecule has 4 N–H and O–H groups in total. The zero-order valence-corrected chi connectivity index (χ0v) is 13.6. The molecule has 1 aliphatic carbocycles. The molecule has 6 heteroatoms. The molecule has 1 amide bonds. The lowest BCUT2D eigenvalue weighted by Gasteiger charge is -2.28. The van der Waals surface area contributed by atoms with Crippen LogP contribution in [-0.4, -0.2) is 29.3 Å². The number of hydrogen-bond donors (Lipinski definition) is 3. The van der Waals surface area contributed by atoms with Crippen LogP contribution in [0.3, 0.4) is 0 Å². The Kier molecular flexibility index (Phi) is 7.65. The third-order valence-electron chi connectivity index (χ3n) is 3.85. The standard InChI is InChI=1S/C16H24N2O3.ClH/c1-2-13(17)16(20)18-11-7-9-12(10-8-11)21-15-6-4-3-5-14(15)19;/h7-10,13-15,19H,2-6,17H2,1H3,(H,18,20);1H/t13-,14?,15?;/m0./s1. The third kappa shape index (κ3) is 5.16. The summed E-state index contributed by atoms with van der Waals surface area (Å²) in [4.78, 5) is 11.7. The molecule has 0 aliphatic heterocycles. The van der Waals surface area contributed by atoms with Crippen LogP contribution in [0, 0.1) is 0 Å². The molecule has 2 rings (SSSR count). The normalized spacial score (nSPS) is 22.3. The van der Waals surface area contributed by atoms with Crippen molar-refractivity contribution >= 4 is 24.0 Å². The first-order valence-corrected chi connectivity index (χ1v) is 7.61. The van der Waals surface area contributed by atoms with E-state index < -0.39 is 6.04 Å². The zero-order valence-electron chi connectivity index (χ0n) is 12.8. The summed E-state index contributed by atoms with van der Waals surface area (Å²) < 4.78 is 5.81. The molecule has 1 aliphatic rings. The van der Waals surface area contributed by atoms with E-state index in [4.69, 9.17) is 10.5 Å². The number of nitrogens with two attached hydrogens (primary N) is 1. The fraction of sp³-hybridized carbons (Fsp3) is 0.562. The molecule has 0 bridgehead atoms. The topological polar surface area (TPSA) is 84.6 Å². The van der Waals surface area contributed by atoms with E-state index in [0.717, 1.165) is 25.7 Å². The van der Waals surface area contributed by atoms with Crippen molar-refractivity contribution in [2.45, 2.75) is 57.3 Å². The summed E-state index contributed by atoms with van der Waals surface area (Å²) in [7, 11) is 0.